The first-order chi connectivity index (χ1) is 12.7. The van der Waals surface area contributed by atoms with Crippen molar-refractivity contribution in [3.8, 4) is 11.8 Å². The molecular weight excluding hydrogens is 326 g/mol. The lowest BCUT2D eigenvalue weighted by Gasteiger charge is -2.27. The number of aromatic nitrogens is 2. The smallest absolute Gasteiger partial charge is 0.259 e. The molecule has 5 nitrogen and oxygen atoms in total. The molecule has 0 bridgehead atoms. The van der Waals surface area contributed by atoms with Crippen molar-refractivity contribution in [1.29, 1.82) is 0 Å². The van der Waals surface area contributed by atoms with Gasteiger partial charge >= 0.3 is 0 Å². The lowest BCUT2D eigenvalue weighted by molar-refractivity contribution is 0.122. The van der Waals surface area contributed by atoms with Crippen LogP contribution in [0.5, 0.6) is 0 Å². The van der Waals surface area contributed by atoms with Crippen LogP contribution in [0.4, 0.5) is 5.82 Å². The molecule has 0 aliphatic carbocycles. The monoisotopic (exact) mass is 345 g/mol. The average Bonchev–Trinajstić information content (AvgIpc) is 2.68. The number of hydrogen-bond donors (Lipinski definition) is 0. The minimum absolute atomic E-state index is 0.0945. The zero-order valence-corrected chi connectivity index (χ0v) is 14.6. The Balaban J connectivity index is 1.85. The first kappa shape index (κ1) is 16.4. The fraction of sp³-hybridized carbons (Fsp3) is 0.238. The summed E-state index contributed by atoms with van der Waals surface area (Å²) < 4.78 is 6.97. The van der Waals surface area contributed by atoms with Crippen molar-refractivity contribution < 1.29 is 4.74 Å². The van der Waals surface area contributed by atoms with Crippen molar-refractivity contribution in [2.24, 2.45) is 0 Å². The van der Waals surface area contributed by atoms with Crippen LogP contribution in [0.15, 0.2) is 53.5 Å². The van der Waals surface area contributed by atoms with E-state index in [1.54, 1.807) is 10.5 Å². The summed E-state index contributed by atoms with van der Waals surface area (Å²) in [7, 11) is 0. The fourth-order valence-corrected chi connectivity index (χ4v) is 3.03. The summed E-state index contributed by atoms with van der Waals surface area (Å²) in [4.78, 5) is 19.5. The largest absolute Gasteiger partial charge is 0.378 e. The van der Waals surface area contributed by atoms with E-state index >= 15 is 0 Å². The molecule has 1 fully saturated rings. The number of hydrogen-bond acceptors (Lipinski definition) is 4. The highest BCUT2D eigenvalue weighted by molar-refractivity contribution is 5.62. The zero-order chi connectivity index (χ0) is 17.9. The molecule has 1 aliphatic rings. The quantitative estimate of drug-likeness (QED) is 0.635. The summed E-state index contributed by atoms with van der Waals surface area (Å²) >= 11 is 0. The number of nitrogens with zero attached hydrogens (tertiary/aromatic N) is 3. The molecule has 0 N–H and O–H groups in total. The van der Waals surface area contributed by atoms with Crippen molar-refractivity contribution in [3.63, 3.8) is 0 Å². The highest BCUT2D eigenvalue weighted by atomic mass is 16.5. The summed E-state index contributed by atoms with van der Waals surface area (Å²) in [5.41, 5.74) is 3.15. The van der Waals surface area contributed by atoms with Crippen LogP contribution in [0.25, 0.3) is 5.65 Å². The Hall–Kier alpha value is -3.10. The Morgan fingerprint density at radius 1 is 1.08 bits per heavy atom. The minimum Gasteiger partial charge on any atom is -0.378 e. The van der Waals surface area contributed by atoms with Crippen LogP contribution in [0, 0.1) is 18.8 Å². The number of fused-ring (bicyclic) bond motifs is 1. The molecule has 5 heteroatoms. The summed E-state index contributed by atoms with van der Waals surface area (Å²) in [5, 5.41) is 0. The van der Waals surface area contributed by atoms with E-state index in [2.05, 4.69) is 16.7 Å². The second-order valence-corrected chi connectivity index (χ2v) is 6.29. The second kappa shape index (κ2) is 7.03. The third-order valence-corrected chi connectivity index (χ3v) is 4.33. The van der Waals surface area contributed by atoms with Crippen molar-refractivity contribution in [2.45, 2.75) is 6.92 Å². The molecule has 0 atom stereocenters. The van der Waals surface area contributed by atoms with Crippen LogP contribution in [-0.2, 0) is 4.74 Å². The van der Waals surface area contributed by atoms with E-state index in [1.165, 1.54) is 0 Å². The highest BCUT2D eigenvalue weighted by Crippen LogP contribution is 2.15. The Bertz CT molecular complexity index is 1060. The Kier molecular flexibility index (Phi) is 4.42. The normalized spacial score (nSPS) is 14.1. The van der Waals surface area contributed by atoms with Gasteiger partial charge in [-0.15, -0.1) is 0 Å². The number of benzene rings is 1. The number of rotatable bonds is 1. The maximum Gasteiger partial charge on any atom is 0.259 e. The van der Waals surface area contributed by atoms with E-state index in [0.29, 0.717) is 24.7 Å². The van der Waals surface area contributed by atoms with Gasteiger partial charge in [-0.1, -0.05) is 30.0 Å². The molecular formula is C21H19N3O2. The van der Waals surface area contributed by atoms with E-state index in [-0.39, 0.29) is 5.56 Å². The molecule has 130 valence electrons. The topological polar surface area (TPSA) is 46.8 Å². The SMILES string of the molecule is Cc1cc(C#Cc2ccccc2)c2nc(N3CCOCC3)cc(=O)n2c1. The molecule has 1 aliphatic heterocycles. The van der Waals surface area contributed by atoms with Gasteiger partial charge in [-0.2, -0.15) is 0 Å². The summed E-state index contributed by atoms with van der Waals surface area (Å²) in [6.45, 7) is 4.72. The molecule has 0 amide bonds. The van der Waals surface area contributed by atoms with Gasteiger partial charge in [0.05, 0.1) is 18.8 Å². The maximum absolute atomic E-state index is 12.6. The van der Waals surface area contributed by atoms with Gasteiger partial charge < -0.3 is 9.64 Å². The summed E-state index contributed by atoms with van der Waals surface area (Å²) in [6, 6.07) is 13.4. The molecule has 3 aromatic rings. The van der Waals surface area contributed by atoms with Crippen molar-refractivity contribution >= 4 is 11.5 Å². The van der Waals surface area contributed by atoms with Crippen LogP contribution >= 0.6 is 0 Å². The maximum atomic E-state index is 12.6. The number of ether oxygens (including phenoxy) is 1. The van der Waals surface area contributed by atoms with Gasteiger partial charge in [0.25, 0.3) is 5.56 Å². The third-order valence-electron chi connectivity index (χ3n) is 4.33. The predicted octanol–water partition coefficient (Wildman–Crippen LogP) is 2.24. The van der Waals surface area contributed by atoms with Gasteiger partial charge in [0.2, 0.25) is 0 Å². The Morgan fingerprint density at radius 3 is 2.62 bits per heavy atom. The average molecular weight is 345 g/mol. The molecule has 2 aromatic heterocycles. The van der Waals surface area contributed by atoms with Gasteiger partial charge in [-0.05, 0) is 30.7 Å². The van der Waals surface area contributed by atoms with Crippen LogP contribution < -0.4 is 10.5 Å². The van der Waals surface area contributed by atoms with Crippen molar-refractivity contribution in [2.75, 3.05) is 31.2 Å². The second-order valence-electron chi connectivity index (χ2n) is 6.29. The molecule has 0 spiro atoms. The molecule has 4 rings (SSSR count). The number of aryl methyl sites for hydroxylation is 1. The van der Waals surface area contributed by atoms with E-state index < -0.39 is 0 Å². The van der Waals surface area contributed by atoms with Gasteiger partial charge in [-0.3, -0.25) is 9.20 Å². The molecule has 1 aromatic carbocycles. The van der Waals surface area contributed by atoms with Crippen LogP contribution in [-0.4, -0.2) is 35.7 Å². The molecule has 0 unspecified atom stereocenters. The molecule has 26 heavy (non-hydrogen) atoms. The van der Waals surface area contributed by atoms with E-state index in [0.717, 1.165) is 29.8 Å². The van der Waals surface area contributed by atoms with Gasteiger partial charge in [-0.25, -0.2) is 4.98 Å². The summed E-state index contributed by atoms with van der Waals surface area (Å²) in [5.74, 6) is 7.03. The lowest BCUT2D eigenvalue weighted by Crippen LogP contribution is -2.37. The minimum atomic E-state index is -0.0945. The van der Waals surface area contributed by atoms with Gasteiger partial charge in [0.1, 0.15) is 5.82 Å². The molecule has 0 saturated carbocycles. The molecule has 0 radical (unpaired) electrons. The molecule has 3 heterocycles. The van der Waals surface area contributed by atoms with Crippen molar-refractivity contribution in [3.05, 3.63) is 75.7 Å². The number of pyridine rings is 1. The highest BCUT2D eigenvalue weighted by Gasteiger charge is 2.15. The number of morpholine rings is 1. The van der Waals surface area contributed by atoms with Crippen LogP contribution in [0.2, 0.25) is 0 Å². The fourth-order valence-electron chi connectivity index (χ4n) is 3.03. The number of anilines is 1. The van der Waals surface area contributed by atoms with Gasteiger partial charge in [0, 0.05) is 30.9 Å². The summed E-state index contributed by atoms with van der Waals surface area (Å²) in [6.07, 6.45) is 1.81. The molecule has 1 saturated heterocycles. The Labute approximate surface area is 151 Å². The van der Waals surface area contributed by atoms with Crippen molar-refractivity contribution in [1.82, 2.24) is 9.38 Å². The van der Waals surface area contributed by atoms with Crippen LogP contribution in [0.3, 0.4) is 0 Å². The first-order valence-corrected chi connectivity index (χ1v) is 8.64. The third kappa shape index (κ3) is 3.32. The Morgan fingerprint density at radius 2 is 1.85 bits per heavy atom. The van der Waals surface area contributed by atoms with E-state index in [1.807, 2.05) is 49.5 Å². The zero-order valence-electron chi connectivity index (χ0n) is 14.6. The predicted molar refractivity (Wildman–Crippen MR) is 102 cm³/mol. The van der Waals surface area contributed by atoms with E-state index in [4.69, 9.17) is 9.72 Å². The lowest BCUT2D eigenvalue weighted by atomic mass is 10.1. The van der Waals surface area contributed by atoms with E-state index in [9.17, 15) is 4.79 Å². The van der Waals surface area contributed by atoms with Crippen LogP contribution in [0.1, 0.15) is 16.7 Å². The first-order valence-electron chi connectivity index (χ1n) is 8.64. The van der Waals surface area contributed by atoms with Gasteiger partial charge in [0.15, 0.2) is 5.65 Å². The standard InChI is InChI=1S/C21H19N3O2/c1-16-13-18(8-7-17-5-3-2-4-6-17)21-22-19(14-20(25)24(21)15-16)23-9-11-26-12-10-23/h2-6,13-15H,9-12H2,1H3.